The number of hydrogen-bond acceptors (Lipinski definition) is 18. The van der Waals surface area contributed by atoms with Gasteiger partial charge in [0, 0.05) is 6.54 Å². The van der Waals surface area contributed by atoms with Crippen molar-refractivity contribution >= 4 is 65.0 Å². The second kappa shape index (κ2) is 37.8. The number of rotatable bonds is 26. The molecule has 29 heteroatoms. The third kappa shape index (κ3) is 24.9. The lowest BCUT2D eigenvalue weighted by atomic mass is 9.99. The van der Waals surface area contributed by atoms with Gasteiger partial charge in [-0.1, -0.05) is 82.3 Å². The van der Waals surface area contributed by atoms with Crippen LogP contribution in [0.15, 0.2) is 54.6 Å². The van der Waals surface area contributed by atoms with Crippen LogP contribution in [0.5, 0.6) is 0 Å². The van der Waals surface area contributed by atoms with E-state index in [1.807, 2.05) is 42.5 Å². The van der Waals surface area contributed by atoms with E-state index < -0.39 is 151 Å². The average Bonchev–Trinajstić information content (AvgIpc) is 3.30. The molecule has 2 aromatic rings. The molecule has 0 aromatic heterocycles. The summed E-state index contributed by atoms with van der Waals surface area (Å²) in [7, 11) is 0. The maximum atomic E-state index is 14.5. The van der Waals surface area contributed by atoms with Crippen molar-refractivity contribution in [3.05, 3.63) is 60.2 Å². The molecular formula is C58H94N16O13. The molecule has 1 fully saturated rings. The minimum absolute atomic E-state index is 0.0375. The smallest absolute Gasteiger partial charge is 0.245 e. The Morgan fingerprint density at radius 3 is 1.39 bits per heavy atom. The summed E-state index contributed by atoms with van der Waals surface area (Å²) in [5.74, 6) is -10.3. The van der Waals surface area contributed by atoms with E-state index in [-0.39, 0.29) is 95.9 Å². The standard InChI is InChI=1S/C58H94N16O13/c1-31(2)28-44-55(84)68-39(17-23-60)49(78)67-42(20-26-63)54(83)73-47(33(5)75)57(86)64-27-21-43(52(81)66-40(18-24-61)51(80)71-45(29-32(3)4)56(85)72-44)69-50(79)41(19-25-62)70-58(87)48(34(6)76)74-53(82)38(16-22-59)65-46(77)30-35-12-14-37(15-13-35)36-10-8-7-9-11-36/h7-15,31-34,38-45,47-48,75-76H,16-30,59-63H2,1-6H3,(H,64,86)(H,65,77)(H,66,81)(H,67,78)(H,68,84)(H,69,79)(H,70,87)(H,71,80)(H,72,85)(H,73,83)(H,74,82)/t33-,34-,38+,39+,40+,41+,42+,43+,44+,45-,47+,48+/m1/s1. The van der Waals surface area contributed by atoms with Gasteiger partial charge in [0.2, 0.25) is 65.0 Å². The Morgan fingerprint density at radius 2 is 0.943 bits per heavy atom. The molecule has 11 amide bonds. The first-order valence-electron chi connectivity index (χ1n) is 29.6. The van der Waals surface area contributed by atoms with Crippen molar-refractivity contribution < 1.29 is 63.0 Å². The van der Waals surface area contributed by atoms with Gasteiger partial charge in [-0.25, -0.2) is 0 Å². The Hall–Kier alpha value is -7.67. The zero-order valence-electron chi connectivity index (χ0n) is 50.7. The van der Waals surface area contributed by atoms with Crippen LogP contribution >= 0.6 is 0 Å². The predicted octanol–water partition coefficient (Wildman–Crippen LogP) is -5.14. The minimum atomic E-state index is -1.73. The largest absolute Gasteiger partial charge is 0.391 e. The molecule has 1 aliphatic rings. The second-order valence-electron chi connectivity index (χ2n) is 22.5. The van der Waals surface area contributed by atoms with Gasteiger partial charge in [0.15, 0.2) is 0 Å². The molecule has 12 atom stereocenters. The van der Waals surface area contributed by atoms with Gasteiger partial charge in [-0.05, 0) is 126 Å². The lowest BCUT2D eigenvalue weighted by molar-refractivity contribution is -0.137. The lowest BCUT2D eigenvalue weighted by Crippen LogP contribution is -2.62. The number of aliphatic hydroxyl groups is 2. The molecule has 1 saturated heterocycles. The first kappa shape index (κ1) is 73.6. The molecule has 0 aliphatic carbocycles. The Bertz CT molecular complexity index is 2590. The normalized spacial score (nSPS) is 22.3. The van der Waals surface area contributed by atoms with Gasteiger partial charge >= 0.3 is 0 Å². The molecule has 87 heavy (non-hydrogen) atoms. The summed E-state index contributed by atoms with van der Waals surface area (Å²) < 4.78 is 0. The summed E-state index contributed by atoms with van der Waals surface area (Å²) in [5.41, 5.74) is 31.9. The first-order valence-corrected chi connectivity index (χ1v) is 29.6. The molecule has 1 aliphatic heterocycles. The van der Waals surface area contributed by atoms with Crippen molar-refractivity contribution in [1.82, 2.24) is 58.5 Å². The molecule has 484 valence electrons. The van der Waals surface area contributed by atoms with Crippen molar-refractivity contribution in [2.24, 2.45) is 40.5 Å². The molecular weight excluding hydrogens is 1130 g/mol. The molecule has 2 aromatic carbocycles. The van der Waals surface area contributed by atoms with E-state index in [1.54, 1.807) is 39.8 Å². The monoisotopic (exact) mass is 1220 g/mol. The quantitative estimate of drug-likeness (QED) is 0.0419. The summed E-state index contributed by atoms with van der Waals surface area (Å²) in [6, 6.07) is 2.13. The van der Waals surface area contributed by atoms with Crippen molar-refractivity contribution in [3.8, 4) is 11.1 Å². The van der Waals surface area contributed by atoms with Crippen molar-refractivity contribution in [1.29, 1.82) is 0 Å². The van der Waals surface area contributed by atoms with Gasteiger partial charge in [0.05, 0.1) is 18.6 Å². The van der Waals surface area contributed by atoms with E-state index in [4.69, 9.17) is 28.7 Å². The van der Waals surface area contributed by atoms with E-state index in [0.717, 1.165) is 11.1 Å². The van der Waals surface area contributed by atoms with Gasteiger partial charge in [-0.2, -0.15) is 0 Å². The van der Waals surface area contributed by atoms with Crippen molar-refractivity contribution in [2.75, 3.05) is 39.3 Å². The predicted molar refractivity (Wildman–Crippen MR) is 323 cm³/mol. The van der Waals surface area contributed by atoms with Gasteiger partial charge in [-0.15, -0.1) is 0 Å². The van der Waals surface area contributed by atoms with Crippen LogP contribution in [0.4, 0.5) is 0 Å². The number of benzene rings is 2. The third-order valence-corrected chi connectivity index (χ3v) is 14.1. The third-order valence-electron chi connectivity index (χ3n) is 14.1. The van der Waals surface area contributed by atoms with Gasteiger partial charge < -0.3 is 97.4 Å². The minimum Gasteiger partial charge on any atom is -0.391 e. The Labute approximate surface area is 507 Å². The highest BCUT2D eigenvalue weighted by molar-refractivity contribution is 5.99. The summed E-state index contributed by atoms with van der Waals surface area (Å²) in [4.78, 5) is 154. The molecule has 29 nitrogen and oxygen atoms in total. The number of carbonyl (C=O) groups is 11. The van der Waals surface area contributed by atoms with Crippen LogP contribution in [0.1, 0.15) is 98.5 Å². The van der Waals surface area contributed by atoms with Crippen LogP contribution in [0, 0.1) is 11.8 Å². The number of nitrogens with one attached hydrogen (secondary N) is 11. The number of aliphatic hydroxyl groups excluding tert-OH is 2. The van der Waals surface area contributed by atoms with Crippen LogP contribution < -0.4 is 87.2 Å². The van der Waals surface area contributed by atoms with E-state index in [2.05, 4.69) is 58.5 Å². The van der Waals surface area contributed by atoms with Gasteiger partial charge in [0.1, 0.15) is 60.4 Å². The zero-order chi connectivity index (χ0) is 64.9. The summed E-state index contributed by atoms with van der Waals surface area (Å²) in [6.45, 7) is 8.33. The summed E-state index contributed by atoms with van der Waals surface area (Å²) in [6.07, 6.45) is -4.49. The van der Waals surface area contributed by atoms with Gasteiger partial charge in [-0.3, -0.25) is 52.7 Å². The van der Waals surface area contributed by atoms with E-state index in [1.165, 1.54) is 13.8 Å². The lowest BCUT2D eigenvalue weighted by Gasteiger charge is -2.29. The molecule has 3 rings (SSSR count). The van der Waals surface area contributed by atoms with Crippen molar-refractivity contribution in [3.63, 3.8) is 0 Å². The fourth-order valence-electron chi connectivity index (χ4n) is 9.39. The van der Waals surface area contributed by atoms with E-state index >= 15 is 0 Å². The van der Waals surface area contributed by atoms with Gasteiger partial charge in [0.25, 0.3) is 0 Å². The fourth-order valence-corrected chi connectivity index (χ4v) is 9.39. The molecule has 0 radical (unpaired) electrons. The zero-order valence-corrected chi connectivity index (χ0v) is 50.7. The Morgan fingerprint density at radius 1 is 0.506 bits per heavy atom. The molecule has 0 spiro atoms. The van der Waals surface area contributed by atoms with Crippen LogP contribution in [0.2, 0.25) is 0 Å². The molecule has 0 bridgehead atoms. The SMILES string of the molecule is CC(C)C[C@@H]1NC(=O)[C@@H](CC(C)C)NC(=O)[C@H](CCN)NC(=O)[C@@H](NC(=O)[C@H](CCN)NC(=O)[C@@H](NC(=O)[C@H](CCN)NC(=O)Cc2ccc(-c3ccccc3)cc2)[C@@H](C)O)CCNC(=O)[C@H]([C@@H](C)O)NC(=O)[C@H](CCN)NC(=O)[C@H](CCN)NC1=O. The van der Waals surface area contributed by atoms with E-state index in [0.29, 0.717) is 5.56 Å². The molecule has 23 N–H and O–H groups in total. The summed E-state index contributed by atoms with van der Waals surface area (Å²) >= 11 is 0. The average molecular weight is 1220 g/mol. The fraction of sp³-hybridized carbons (Fsp3) is 0.603. The maximum absolute atomic E-state index is 14.5. The van der Waals surface area contributed by atoms with Crippen LogP contribution in [0.3, 0.4) is 0 Å². The highest BCUT2D eigenvalue weighted by Gasteiger charge is 2.38. The first-order chi connectivity index (χ1) is 41.3. The Balaban J connectivity index is 2.00. The molecule has 0 saturated carbocycles. The van der Waals surface area contributed by atoms with E-state index in [9.17, 15) is 63.0 Å². The Kier molecular flexibility index (Phi) is 32.0. The number of nitrogens with two attached hydrogens (primary N) is 5. The molecule has 0 unspecified atom stereocenters. The molecule has 1 heterocycles. The number of hydrogen-bond donors (Lipinski definition) is 18. The number of amides is 11. The van der Waals surface area contributed by atoms with Crippen molar-refractivity contribution in [2.45, 2.75) is 172 Å². The second-order valence-corrected chi connectivity index (χ2v) is 22.5. The number of carbonyl (C=O) groups excluding carboxylic acids is 11. The summed E-state index contributed by atoms with van der Waals surface area (Å²) in [5, 5.41) is 49.6. The van der Waals surface area contributed by atoms with Crippen LogP contribution in [0.25, 0.3) is 11.1 Å². The van der Waals surface area contributed by atoms with Crippen LogP contribution in [-0.2, 0) is 59.2 Å². The van der Waals surface area contributed by atoms with Crippen LogP contribution in [-0.4, -0.2) is 187 Å². The highest BCUT2D eigenvalue weighted by Crippen LogP contribution is 2.20. The maximum Gasteiger partial charge on any atom is 0.245 e. The topological polar surface area (TPSA) is 491 Å². The highest BCUT2D eigenvalue weighted by atomic mass is 16.3.